The molecular formula is C18H34N4OSi. The first-order valence-corrected chi connectivity index (χ1v) is 11.7. The van der Waals surface area contributed by atoms with E-state index >= 15 is 0 Å². The smallest absolute Gasteiger partial charge is 0.192 e. The number of nitrogens with two attached hydrogens (primary N) is 2. The van der Waals surface area contributed by atoms with Gasteiger partial charge in [0.1, 0.15) is 0 Å². The Kier molecular flexibility index (Phi) is 5.33. The Bertz CT molecular complexity index is 553. The molecule has 2 rings (SSSR count). The van der Waals surface area contributed by atoms with Crippen LogP contribution in [0, 0.1) is 12.8 Å². The number of hydrogen-bond donors (Lipinski definition) is 2. The minimum absolute atomic E-state index is 0.0187. The third-order valence-electron chi connectivity index (χ3n) is 5.60. The van der Waals surface area contributed by atoms with Gasteiger partial charge in [-0.15, -0.1) is 0 Å². The standard InChI is InChI=1S/C18H34N4OSi/c1-12-8-21-9-14(19)16(12)22-10-13(2)17(15(20)11-22)23-24(6,7)18(3,4)5/h8-9,13,15,17H,10-11,19-20H2,1-7H3/t13-,15+,17+/m0/s1. The van der Waals surface area contributed by atoms with Gasteiger partial charge in [0.2, 0.25) is 0 Å². The zero-order chi connectivity index (χ0) is 18.3. The molecule has 0 bridgehead atoms. The highest BCUT2D eigenvalue weighted by Gasteiger charge is 2.43. The number of nitrogen functional groups attached to an aromatic ring is 1. The molecule has 0 unspecified atom stereocenters. The molecule has 1 aliphatic rings. The van der Waals surface area contributed by atoms with Gasteiger partial charge >= 0.3 is 0 Å². The lowest BCUT2D eigenvalue weighted by atomic mass is 9.92. The maximum absolute atomic E-state index is 6.66. The molecule has 1 saturated heterocycles. The summed E-state index contributed by atoms with van der Waals surface area (Å²) < 4.78 is 6.66. The lowest BCUT2D eigenvalue weighted by Crippen LogP contribution is -2.60. The Morgan fingerprint density at radius 1 is 1.25 bits per heavy atom. The van der Waals surface area contributed by atoms with Crippen LogP contribution < -0.4 is 16.4 Å². The summed E-state index contributed by atoms with van der Waals surface area (Å²) in [5.74, 6) is 0.356. The predicted octanol–water partition coefficient (Wildman–Crippen LogP) is 3.15. The topological polar surface area (TPSA) is 77.4 Å². The van der Waals surface area contributed by atoms with E-state index in [1.165, 1.54) is 0 Å². The first-order valence-electron chi connectivity index (χ1n) is 8.82. The van der Waals surface area contributed by atoms with Gasteiger partial charge in [0.05, 0.1) is 23.7 Å². The molecule has 6 heteroatoms. The van der Waals surface area contributed by atoms with Crippen LogP contribution in [0.5, 0.6) is 0 Å². The van der Waals surface area contributed by atoms with E-state index in [-0.39, 0.29) is 17.2 Å². The van der Waals surface area contributed by atoms with Crippen molar-refractivity contribution in [3.63, 3.8) is 0 Å². The average Bonchev–Trinajstić information content (AvgIpc) is 2.41. The van der Waals surface area contributed by atoms with Crippen LogP contribution >= 0.6 is 0 Å². The Morgan fingerprint density at radius 2 is 1.88 bits per heavy atom. The van der Waals surface area contributed by atoms with E-state index in [1.807, 2.05) is 13.1 Å². The molecule has 0 aromatic carbocycles. The lowest BCUT2D eigenvalue weighted by Gasteiger charge is -2.47. The van der Waals surface area contributed by atoms with Gasteiger partial charge in [-0.05, 0) is 30.6 Å². The van der Waals surface area contributed by atoms with E-state index in [9.17, 15) is 0 Å². The van der Waals surface area contributed by atoms with Gasteiger partial charge in [-0.2, -0.15) is 0 Å². The van der Waals surface area contributed by atoms with Crippen LogP contribution in [0.3, 0.4) is 0 Å². The second-order valence-corrected chi connectivity index (χ2v) is 13.5. The highest BCUT2D eigenvalue weighted by Crippen LogP contribution is 2.39. The van der Waals surface area contributed by atoms with Crippen LogP contribution in [-0.2, 0) is 4.43 Å². The van der Waals surface area contributed by atoms with Crippen molar-refractivity contribution in [1.29, 1.82) is 0 Å². The minimum Gasteiger partial charge on any atom is -0.412 e. The van der Waals surface area contributed by atoms with Gasteiger partial charge in [0.25, 0.3) is 0 Å². The number of aromatic nitrogens is 1. The van der Waals surface area contributed by atoms with Crippen molar-refractivity contribution in [3.8, 4) is 0 Å². The first kappa shape index (κ1) is 19.2. The van der Waals surface area contributed by atoms with Gasteiger partial charge in [0.15, 0.2) is 8.32 Å². The molecule has 0 radical (unpaired) electrons. The highest BCUT2D eigenvalue weighted by atomic mass is 28.4. The molecule has 3 atom stereocenters. The number of hydrogen-bond acceptors (Lipinski definition) is 5. The Balaban J connectivity index is 2.18. The van der Waals surface area contributed by atoms with Crippen LogP contribution in [0.15, 0.2) is 12.4 Å². The van der Waals surface area contributed by atoms with E-state index in [4.69, 9.17) is 15.9 Å². The molecular weight excluding hydrogens is 316 g/mol. The number of pyridine rings is 1. The van der Waals surface area contributed by atoms with Crippen molar-refractivity contribution in [2.24, 2.45) is 11.7 Å². The first-order chi connectivity index (χ1) is 10.9. The molecule has 24 heavy (non-hydrogen) atoms. The zero-order valence-electron chi connectivity index (χ0n) is 16.3. The quantitative estimate of drug-likeness (QED) is 0.819. The van der Waals surface area contributed by atoms with Crippen LogP contribution in [0.25, 0.3) is 0 Å². The van der Waals surface area contributed by atoms with Gasteiger partial charge in [-0.25, -0.2) is 0 Å². The molecule has 4 N–H and O–H groups in total. The van der Waals surface area contributed by atoms with Crippen molar-refractivity contribution in [1.82, 2.24) is 4.98 Å². The fraction of sp³-hybridized carbons (Fsp3) is 0.722. The van der Waals surface area contributed by atoms with Crippen LogP contribution in [-0.4, -0.2) is 38.5 Å². The molecule has 0 aliphatic carbocycles. The number of aryl methyl sites for hydroxylation is 1. The van der Waals surface area contributed by atoms with Gasteiger partial charge < -0.3 is 20.8 Å². The van der Waals surface area contributed by atoms with Gasteiger partial charge in [-0.3, -0.25) is 4.98 Å². The fourth-order valence-corrected chi connectivity index (χ4v) is 4.66. The van der Waals surface area contributed by atoms with E-state index in [0.29, 0.717) is 5.92 Å². The highest BCUT2D eigenvalue weighted by molar-refractivity contribution is 6.74. The second-order valence-electron chi connectivity index (χ2n) is 8.78. The molecule has 5 nitrogen and oxygen atoms in total. The van der Waals surface area contributed by atoms with Crippen LogP contribution in [0.2, 0.25) is 18.1 Å². The summed E-state index contributed by atoms with van der Waals surface area (Å²) >= 11 is 0. The van der Waals surface area contributed by atoms with Crippen LogP contribution in [0.4, 0.5) is 11.4 Å². The summed E-state index contributed by atoms with van der Waals surface area (Å²) in [4.78, 5) is 6.46. The number of piperidine rings is 1. The summed E-state index contributed by atoms with van der Waals surface area (Å²) in [5.41, 5.74) is 15.6. The summed E-state index contributed by atoms with van der Waals surface area (Å²) in [6.07, 6.45) is 3.68. The Morgan fingerprint density at radius 3 is 2.38 bits per heavy atom. The SMILES string of the molecule is Cc1cncc(N)c1N1C[C@@H](N)[C@H](O[Si](C)(C)C(C)(C)C)[C@@H](C)C1. The number of rotatable bonds is 3. The monoisotopic (exact) mass is 350 g/mol. The van der Waals surface area contributed by atoms with Crippen molar-refractivity contribution >= 4 is 19.7 Å². The summed E-state index contributed by atoms with van der Waals surface area (Å²) in [7, 11) is -1.83. The minimum atomic E-state index is -1.83. The van der Waals surface area contributed by atoms with Crippen LogP contribution in [0.1, 0.15) is 33.3 Å². The summed E-state index contributed by atoms with van der Waals surface area (Å²) in [5, 5.41) is 0.190. The molecule has 1 aromatic heterocycles. The van der Waals surface area contributed by atoms with E-state index < -0.39 is 8.32 Å². The number of nitrogens with zero attached hydrogens (tertiary/aromatic N) is 2. The molecule has 0 amide bonds. The maximum Gasteiger partial charge on any atom is 0.192 e. The molecule has 1 aromatic rings. The second kappa shape index (κ2) is 6.65. The molecule has 1 aliphatic heterocycles. The molecule has 0 spiro atoms. The largest absolute Gasteiger partial charge is 0.412 e. The number of anilines is 2. The molecule has 2 heterocycles. The van der Waals surface area contributed by atoms with Crippen molar-refractivity contribution in [2.45, 2.75) is 64.9 Å². The van der Waals surface area contributed by atoms with Gasteiger partial charge in [0, 0.05) is 31.2 Å². The molecule has 1 fully saturated rings. The van der Waals surface area contributed by atoms with E-state index in [0.717, 1.165) is 30.0 Å². The van der Waals surface area contributed by atoms with Crippen molar-refractivity contribution in [2.75, 3.05) is 23.7 Å². The van der Waals surface area contributed by atoms with E-state index in [2.05, 4.69) is 50.7 Å². The lowest BCUT2D eigenvalue weighted by molar-refractivity contribution is 0.0877. The third kappa shape index (κ3) is 3.76. The Hall–Kier alpha value is -1.11. The zero-order valence-corrected chi connectivity index (χ0v) is 17.3. The Labute approximate surface area is 147 Å². The third-order valence-corrected chi connectivity index (χ3v) is 10.1. The summed E-state index contributed by atoms with van der Waals surface area (Å²) in [6.45, 7) is 17.3. The molecule has 136 valence electrons. The van der Waals surface area contributed by atoms with Crippen molar-refractivity contribution < 1.29 is 4.43 Å². The fourth-order valence-electron chi connectivity index (χ4n) is 3.22. The average molecular weight is 351 g/mol. The van der Waals surface area contributed by atoms with Crippen molar-refractivity contribution in [3.05, 3.63) is 18.0 Å². The molecule has 0 saturated carbocycles. The van der Waals surface area contributed by atoms with E-state index in [1.54, 1.807) is 6.20 Å². The predicted molar refractivity (Wildman–Crippen MR) is 105 cm³/mol. The normalized spacial score (nSPS) is 25.8. The summed E-state index contributed by atoms with van der Waals surface area (Å²) in [6, 6.07) is -0.0187. The van der Waals surface area contributed by atoms with Gasteiger partial charge in [-0.1, -0.05) is 27.7 Å². The maximum atomic E-state index is 6.66.